The van der Waals surface area contributed by atoms with E-state index >= 15 is 0 Å². The third kappa shape index (κ3) is 2.87. The molecule has 0 atom stereocenters. The first-order valence-corrected chi connectivity index (χ1v) is 6.75. The third-order valence-electron chi connectivity index (χ3n) is 3.02. The normalized spacial score (nSPS) is 10.8. The molecule has 1 aromatic heterocycles. The first-order valence-electron chi connectivity index (χ1n) is 6.75. The van der Waals surface area contributed by atoms with Crippen molar-refractivity contribution in [2.24, 2.45) is 0 Å². The lowest BCUT2D eigenvalue weighted by Gasteiger charge is -2.07. The molecule has 2 aromatic rings. The molecule has 0 saturated carbocycles. The molecule has 0 fully saturated rings. The molecule has 106 valence electrons. The number of hydrogen-bond donors (Lipinski definition) is 0. The monoisotopic (exact) mass is 273 g/mol. The van der Waals surface area contributed by atoms with Crippen LogP contribution in [-0.2, 0) is 11.2 Å². The van der Waals surface area contributed by atoms with E-state index in [4.69, 9.17) is 4.74 Å². The summed E-state index contributed by atoms with van der Waals surface area (Å²) in [6.45, 7) is 7.53. The molecule has 0 unspecified atom stereocenters. The maximum Gasteiger partial charge on any atom is 0.361 e. The number of carbonyl (C=O) groups is 1. The van der Waals surface area contributed by atoms with Crippen molar-refractivity contribution in [2.75, 3.05) is 0 Å². The summed E-state index contributed by atoms with van der Waals surface area (Å²) in [5.74, 6) is -0.436. The van der Waals surface area contributed by atoms with E-state index in [1.165, 1.54) is 5.56 Å². The number of carbonyl (C=O) groups excluding carboxylic acids is 1. The van der Waals surface area contributed by atoms with Gasteiger partial charge in [-0.05, 0) is 44.9 Å². The van der Waals surface area contributed by atoms with Crippen molar-refractivity contribution in [1.82, 2.24) is 15.0 Å². The maximum atomic E-state index is 11.9. The molecule has 0 amide bonds. The predicted octanol–water partition coefficient (Wildman–Crippen LogP) is 2.70. The minimum absolute atomic E-state index is 0.170. The molecule has 0 aliphatic heterocycles. The third-order valence-corrected chi connectivity index (χ3v) is 3.02. The van der Waals surface area contributed by atoms with Crippen LogP contribution in [0.25, 0.3) is 5.69 Å². The standard InChI is InChI=1S/C15H19N3O2/c1-5-12-6-8-13(9-7-12)18-11(4)14(16-17-18)15(19)20-10(2)3/h6-10H,5H2,1-4H3. The molecule has 0 radical (unpaired) electrons. The predicted molar refractivity (Wildman–Crippen MR) is 76.0 cm³/mol. The van der Waals surface area contributed by atoms with Gasteiger partial charge in [0, 0.05) is 0 Å². The van der Waals surface area contributed by atoms with Crippen LogP contribution in [0.2, 0.25) is 0 Å². The van der Waals surface area contributed by atoms with Crippen LogP contribution < -0.4 is 0 Å². The number of rotatable bonds is 4. The van der Waals surface area contributed by atoms with Gasteiger partial charge in [-0.25, -0.2) is 9.48 Å². The molecule has 0 saturated heterocycles. The summed E-state index contributed by atoms with van der Waals surface area (Å²) in [5, 5.41) is 7.96. The van der Waals surface area contributed by atoms with Gasteiger partial charge in [0.15, 0.2) is 5.69 Å². The highest BCUT2D eigenvalue weighted by Gasteiger charge is 2.19. The smallest absolute Gasteiger partial charge is 0.361 e. The summed E-state index contributed by atoms with van der Waals surface area (Å²) in [5.41, 5.74) is 3.08. The average Bonchev–Trinajstić information content (AvgIpc) is 2.80. The van der Waals surface area contributed by atoms with Gasteiger partial charge in [-0.15, -0.1) is 5.10 Å². The molecule has 5 nitrogen and oxygen atoms in total. The minimum Gasteiger partial charge on any atom is -0.458 e. The van der Waals surface area contributed by atoms with Crippen LogP contribution in [0.1, 0.15) is 42.5 Å². The van der Waals surface area contributed by atoms with Crippen LogP contribution in [-0.4, -0.2) is 27.1 Å². The zero-order chi connectivity index (χ0) is 14.7. The van der Waals surface area contributed by atoms with Crippen LogP contribution in [0, 0.1) is 6.92 Å². The number of nitrogens with zero attached hydrogens (tertiary/aromatic N) is 3. The number of aryl methyl sites for hydroxylation is 1. The topological polar surface area (TPSA) is 57.0 Å². The van der Waals surface area contributed by atoms with Crippen LogP contribution in [0.3, 0.4) is 0 Å². The Morgan fingerprint density at radius 1 is 1.30 bits per heavy atom. The molecule has 0 N–H and O–H groups in total. The largest absolute Gasteiger partial charge is 0.458 e. The fourth-order valence-corrected chi connectivity index (χ4v) is 1.91. The van der Waals surface area contributed by atoms with Crippen LogP contribution in [0.15, 0.2) is 24.3 Å². The van der Waals surface area contributed by atoms with Crippen molar-refractivity contribution in [3.8, 4) is 5.69 Å². The summed E-state index contributed by atoms with van der Waals surface area (Å²) >= 11 is 0. The molecule has 20 heavy (non-hydrogen) atoms. The summed E-state index contributed by atoms with van der Waals surface area (Å²) in [6, 6.07) is 8.03. The fraction of sp³-hybridized carbons (Fsp3) is 0.400. The van der Waals surface area contributed by atoms with Gasteiger partial charge in [-0.2, -0.15) is 0 Å². The molecular formula is C15H19N3O2. The SMILES string of the molecule is CCc1ccc(-n2nnc(C(=O)OC(C)C)c2C)cc1. The zero-order valence-electron chi connectivity index (χ0n) is 12.3. The molecule has 5 heteroatoms. The van der Waals surface area contributed by atoms with E-state index in [2.05, 4.69) is 17.2 Å². The first kappa shape index (κ1) is 14.2. The van der Waals surface area contributed by atoms with E-state index in [9.17, 15) is 4.79 Å². The van der Waals surface area contributed by atoms with Crippen LogP contribution in [0.4, 0.5) is 0 Å². The number of hydrogen-bond acceptors (Lipinski definition) is 4. The van der Waals surface area contributed by atoms with E-state index in [1.807, 2.05) is 31.2 Å². The Balaban J connectivity index is 2.30. The van der Waals surface area contributed by atoms with E-state index in [1.54, 1.807) is 18.5 Å². The second-order valence-electron chi connectivity index (χ2n) is 4.91. The number of esters is 1. The molecule has 0 bridgehead atoms. The van der Waals surface area contributed by atoms with Crippen molar-refractivity contribution in [2.45, 2.75) is 40.2 Å². The lowest BCUT2D eigenvalue weighted by molar-refractivity contribution is 0.0370. The molecule has 0 aliphatic carbocycles. The lowest BCUT2D eigenvalue weighted by atomic mass is 10.1. The Hall–Kier alpha value is -2.17. The van der Waals surface area contributed by atoms with E-state index < -0.39 is 5.97 Å². The van der Waals surface area contributed by atoms with Gasteiger partial charge in [0.05, 0.1) is 17.5 Å². The van der Waals surface area contributed by atoms with Gasteiger partial charge < -0.3 is 4.74 Å². The molecule has 0 spiro atoms. The summed E-state index contributed by atoms with van der Waals surface area (Å²) < 4.78 is 6.80. The fourth-order valence-electron chi connectivity index (χ4n) is 1.91. The molecule has 2 rings (SSSR count). The van der Waals surface area contributed by atoms with Crippen LogP contribution >= 0.6 is 0 Å². The Morgan fingerprint density at radius 2 is 1.95 bits per heavy atom. The maximum absolute atomic E-state index is 11.9. The molecule has 1 heterocycles. The number of benzene rings is 1. The first-order chi connectivity index (χ1) is 9.52. The average molecular weight is 273 g/mol. The number of aromatic nitrogens is 3. The Labute approximate surface area is 118 Å². The van der Waals surface area contributed by atoms with Gasteiger partial charge in [0.25, 0.3) is 0 Å². The summed E-state index contributed by atoms with van der Waals surface area (Å²) in [7, 11) is 0. The van der Waals surface area contributed by atoms with Crippen molar-refractivity contribution in [3.05, 3.63) is 41.2 Å². The lowest BCUT2D eigenvalue weighted by Crippen LogP contribution is -2.13. The van der Waals surface area contributed by atoms with E-state index in [-0.39, 0.29) is 11.8 Å². The van der Waals surface area contributed by atoms with E-state index in [0.29, 0.717) is 5.69 Å². The van der Waals surface area contributed by atoms with Crippen molar-refractivity contribution in [3.63, 3.8) is 0 Å². The van der Waals surface area contributed by atoms with Crippen molar-refractivity contribution >= 4 is 5.97 Å². The van der Waals surface area contributed by atoms with Gasteiger partial charge >= 0.3 is 5.97 Å². The minimum atomic E-state index is -0.436. The van der Waals surface area contributed by atoms with Crippen molar-refractivity contribution < 1.29 is 9.53 Å². The second kappa shape index (κ2) is 5.86. The highest BCUT2D eigenvalue weighted by atomic mass is 16.5. The number of ether oxygens (including phenoxy) is 1. The Bertz CT molecular complexity index is 600. The second-order valence-corrected chi connectivity index (χ2v) is 4.91. The Kier molecular flexibility index (Phi) is 4.17. The highest BCUT2D eigenvalue weighted by Crippen LogP contribution is 2.14. The van der Waals surface area contributed by atoms with Gasteiger partial charge in [0.1, 0.15) is 0 Å². The highest BCUT2D eigenvalue weighted by molar-refractivity contribution is 5.88. The van der Waals surface area contributed by atoms with Crippen LogP contribution in [0.5, 0.6) is 0 Å². The van der Waals surface area contributed by atoms with Gasteiger partial charge in [0.2, 0.25) is 0 Å². The van der Waals surface area contributed by atoms with Gasteiger partial charge in [-0.3, -0.25) is 0 Å². The molecule has 1 aromatic carbocycles. The molecule has 0 aliphatic rings. The quantitative estimate of drug-likeness (QED) is 0.804. The van der Waals surface area contributed by atoms with Gasteiger partial charge in [-0.1, -0.05) is 24.3 Å². The van der Waals surface area contributed by atoms with E-state index in [0.717, 1.165) is 12.1 Å². The zero-order valence-corrected chi connectivity index (χ0v) is 12.3. The van der Waals surface area contributed by atoms with Crippen molar-refractivity contribution in [1.29, 1.82) is 0 Å². The molecular weight excluding hydrogens is 254 g/mol. The summed E-state index contributed by atoms with van der Waals surface area (Å²) in [6.07, 6.45) is 0.818. The Morgan fingerprint density at radius 3 is 2.50 bits per heavy atom. The summed E-state index contributed by atoms with van der Waals surface area (Å²) in [4.78, 5) is 11.9.